The molecule has 2 heterocycles. The molecular formula is C18H18F5N5S. The zero-order valence-corrected chi connectivity index (χ0v) is 16.7. The van der Waals surface area contributed by atoms with Crippen molar-refractivity contribution in [1.82, 2.24) is 19.4 Å². The highest BCUT2D eigenvalue weighted by Gasteiger charge is 2.60. The maximum absolute atomic E-state index is 13.7. The van der Waals surface area contributed by atoms with Crippen molar-refractivity contribution in [3.05, 3.63) is 41.3 Å². The van der Waals surface area contributed by atoms with Gasteiger partial charge in [-0.1, -0.05) is 19.6 Å². The summed E-state index contributed by atoms with van der Waals surface area (Å²) in [4.78, 5) is 9.90. The van der Waals surface area contributed by atoms with E-state index in [0.29, 0.717) is 28.2 Å². The van der Waals surface area contributed by atoms with Gasteiger partial charge in [0.05, 0.1) is 29.0 Å². The number of pyridine rings is 1. The van der Waals surface area contributed by atoms with Gasteiger partial charge in [0, 0.05) is 19.0 Å². The van der Waals surface area contributed by atoms with Gasteiger partial charge in [-0.3, -0.25) is 4.98 Å². The van der Waals surface area contributed by atoms with Crippen LogP contribution in [0.1, 0.15) is 18.4 Å². The molecule has 0 aliphatic heterocycles. The van der Waals surface area contributed by atoms with Crippen molar-refractivity contribution in [2.45, 2.75) is 19.0 Å². The molecule has 0 unspecified atom stereocenters. The number of thioether (sulfide) groups is 1. The summed E-state index contributed by atoms with van der Waals surface area (Å²) in [6.45, 7) is 5.69. The van der Waals surface area contributed by atoms with E-state index in [1.54, 1.807) is 25.1 Å². The third-order valence-corrected chi connectivity index (χ3v) is 5.02. The van der Waals surface area contributed by atoms with E-state index >= 15 is 0 Å². The molecule has 2 aromatic rings. The third-order valence-electron chi connectivity index (χ3n) is 4.06. The highest BCUT2D eigenvalue weighted by Crippen LogP contribution is 2.43. The molecule has 11 heteroatoms. The Labute approximate surface area is 168 Å². The Hall–Kier alpha value is -2.61. The van der Waals surface area contributed by atoms with Gasteiger partial charge in [0.25, 0.3) is 0 Å². The Bertz CT molecular complexity index is 987. The summed E-state index contributed by atoms with van der Waals surface area (Å²) < 4.78 is 66.9. The number of hydrogen-bond donors (Lipinski definition) is 0. The van der Waals surface area contributed by atoms with Crippen molar-refractivity contribution in [3.63, 3.8) is 0 Å². The number of halogens is 5. The summed E-state index contributed by atoms with van der Waals surface area (Å²) >= 11 is 1.44. The number of nitriles is 1. The zero-order valence-electron chi connectivity index (χ0n) is 15.9. The van der Waals surface area contributed by atoms with Crippen LogP contribution in [0.5, 0.6) is 0 Å². The van der Waals surface area contributed by atoms with Crippen molar-refractivity contribution < 1.29 is 22.0 Å². The molecule has 0 N–H and O–H groups in total. The Kier molecular flexibility index (Phi) is 6.57. The second kappa shape index (κ2) is 8.41. The first-order valence-corrected chi connectivity index (χ1v) is 9.33. The van der Waals surface area contributed by atoms with Crippen LogP contribution < -0.4 is 0 Å². The predicted octanol–water partition coefficient (Wildman–Crippen LogP) is 4.69. The number of fused-ring (bicyclic) bond motifs is 1. The van der Waals surface area contributed by atoms with Gasteiger partial charge in [0.15, 0.2) is 5.82 Å². The fourth-order valence-electron chi connectivity index (χ4n) is 2.65. The minimum absolute atomic E-state index is 0.00972. The Morgan fingerprint density at radius 1 is 1.38 bits per heavy atom. The first-order valence-electron chi connectivity index (χ1n) is 8.35. The normalized spacial score (nSPS) is 13.2. The van der Waals surface area contributed by atoms with Crippen LogP contribution in [0, 0.1) is 11.3 Å². The molecule has 2 aromatic heterocycles. The lowest BCUT2D eigenvalue weighted by atomic mass is 10.2. The van der Waals surface area contributed by atoms with Crippen molar-refractivity contribution in [1.29, 1.82) is 5.26 Å². The van der Waals surface area contributed by atoms with Crippen LogP contribution in [0.2, 0.25) is 0 Å². The maximum Gasteiger partial charge on any atom is 0.459 e. The molecule has 2 rings (SSSR count). The van der Waals surface area contributed by atoms with Gasteiger partial charge in [-0.25, -0.2) is 4.98 Å². The summed E-state index contributed by atoms with van der Waals surface area (Å²) in [6, 6.07) is 2.65. The average molecular weight is 431 g/mol. The molecule has 0 spiro atoms. The van der Waals surface area contributed by atoms with E-state index in [9.17, 15) is 22.0 Å². The molecule has 0 aliphatic carbocycles. The van der Waals surface area contributed by atoms with Crippen LogP contribution in [0.4, 0.5) is 22.0 Å². The largest absolute Gasteiger partial charge is 0.459 e. The molecule has 0 aliphatic rings. The molecule has 5 nitrogen and oxygen atoms in total. The standard InChI is InChI=1S/C18H18F5N5S/c1-5-13(29-6-2)15(27(3)8-7-24)16-26-11-9-14(17(19,20)18(21,22)23)25-10-12(11)28(16)4/h5,9-10H,1,6,8H2,2-4H3/b15-13+. The average Bonchev–Trinajstić information content (AvgIpc) is 2.96. The fraction of sp³-hybridized carbons (Fsp3) is 0.389. The van der Waals surface area contributed by atoms with E-state index in [-0.39, 0.29) is 17.6 Å². The predicted molar refractivity (Wildman–Crippen MR) is 102 cm³/mol. The zero-order chi connectivity index (χ0) is 22.0. The van der Waals surface area contributed by atoms with E-state index in [4.69, 9.17) is 5.26 Å². The molecule has 0 saturated heterocycles. The lowest BCUT2D eigenvalue weighted by Gasteiger charge is -2.22. The van der Waals surface area contributed by atoms with Gasteiger partial charge in [0.2, 0.25) is 0 Å². The van der Waals surface area contributed by atoms with Crippen LogP contribution in [0.25, 0.3) is 16.7 Å². The van der Waals surface area contributed by atoms with E-state index in [1.165, 1.54) is 16.3 Å². The Balaban J connectivity index is 2.73. The number of allylic oxidation sites excluding steroid dienone is 1. The third kappa shape index (κ3) is 4.22. The SMILES string of the molecule is C=C/C(SCC)=C(/c1nc2cc(C(F)(F)C(F)(F)F)ncc2n1C)N(C)CC#N. The number of rotatable bonds is 7. The summed E-state index contributed by atoms with van der Waals surface area (Å²) in [7, 11) is 3.24. The molecule has 0 fully saturated rings. The number of aryl methyl sites for hydroxylation is 1. The molecule has 0 atom stereocenters. The number of alkyl halides is 5. The molecule has 0 bridgehead atoms. The summed E-state index contributed by atoms with van der Waals surface area (Å²) in [5, 5.41) is 9.05. The first-order chi connectivity index (χ1) is 13.5. The van der Waals surface area contributed by atoms with Gasteiger partial charge < -0.3 is 9.47 Å². The highest BCUT2D eigenvalue weighted by atomic mass is 32.2. The van der Waals surface area contributed by atoms with Gasteiger partial charge in [-0.05, 0) is 11.8 Å². The fourth-order valence-corrected chi connectivity index (χ4v) is 3.46. The van der Waals surface area contributed by atoms with Gasteiger partial charge >= 0.3 is 12.1 Å². The van der Waals surface area contributed by atoms with Crippen LogP contribution in [-0.2, 0) is 13.0 Å². The van der Waals surface area contributed by atoms with Gasteiger partial charge in [0.1, 0.15) is 12.2 Å². The molecule has 0 aromatic carbocycles. The van der Waals surface area contributed by atoms with Crippen molar-refractivity contribution in [2.24, 2.45) is 7.05 Å². The second-order valence-corrected chi connectivity index (χ2v) is 7.29. The van der Waals surface area contributed by atoms with Gasteiger partial charge in [-0.2, -0.15) is 27.2 Å². The minimum atomic E-state index is -5.77. The van der Waals surface area contributed by atoms with Crippen molar-refractivity contribution in [2.75, 3.05) is 19.3 Å². The van der Waals surface area contributed by atoms with Crippen LogP contribution in [0.3, 0.4) is 0 Å². The monoisotopic (exact) mass is 431 g/mol. The van der Waals surface area contributed by atoms with Crippen molar-refractivity contribution >= 4 is 28.5 Å². The molecular weight excluding hydrogens is 413 g/mol. The lowest BCUT2D eigenvalue weighted by molar-refractivity contribution is -0.290. The topological polar surface area (TPSA) is 57.7 Å². The molecule has 0 amide bonds. The molecule has 29 heavy (non-hydrogen) atoms. The number of nitrogens with zero attached hydrogens (tertiary/aromatic N) is 5. The molecule has 0 radical (unpaired) electrons. The number of hydrogen-bond acceptors (Lipinski definition) is 5. The van der Waals surface area contributed by atoms with E-state index in [2.05, 4.69) is 16.5 Å². The van der Waals surface area contributed by atoms with E-state index in [0.717, 1.165) is 6.20 Å². The van der Waals surface area contributed by atoms with E-state index in [1.807, 2.05) is 13.0 Å². The van der Waals surface area contributed by atoms with Crippen LogP contribution >= 0.6 is 11.8 Å². The first kappa shape index (κ1) is 22.7. The highest BCUT2D eigenvalue weighted by molar-refractivity contribution is 8.03. The van der Waals surface area contributed by atoms with E-state index < -0.39 is 17.8 Å². The molecule has 0 saturated carbocycles. The molecule has 156 valence electrons. The number of aromatic nitrogens is 3. The summed E-state index contributed by atoms with van der Waals surface area (Å²) in [5.41, 5.74) is -0.708. The number of imidazole rings is 1. The van der Waals surface area contributed by atoms with Crippen molar-refractivity contribution in [3.8, 4) is 6.07 Å². The summed E-state index contributed by atoms with van der Waals surface area (Å²) in [5.74, 6) is -4.11. The minimum Gasteiger partial charge on any atom is -0.357 e. The van der Waals surface area contributed by atoms with Crippen LogP contribution in [0.15, 0.2) is 29.8 Å². The summed E-state index contributed by atoms with van der Waals surface area (Å²) in [6.07, 6.45) is -3.25. The lowest BCUT2D eigenvalue weighted by Crippen LogP contribution is -2.34. The second-order valence-electron chi connectivity index (χ2n) is 5.99. The maximum atomic E-state index is 13.7. The Morgan fingerprint density at radius 3 is 2.55 bits per heavy atom. The smallest absolute Gasteiger partial charge is 0.357 e. The quantitative estimate of drug-likeness (QED) is 0.362. The van der Waals surface area contributed by atoms with Crippen LogP contribution in [-0.4, -0.2) is 45.0 Å². The van der Waals surface area contributed by atoms with Gasteiger partial charge in [-0.15, -0.1) is 11.8 Å². The Morgan fingerprint density at radius 2 is 2.03 bits per heavy atom.